The lowest BCUT2D eigenvalue weighted by atomic mass is 10.2. The molecule has 16 heavy (non-hydrogen) atoms. The van der Waals surface area contributed by atoms with Crippen LogP contribution < -0.4 is 10.5 Å². The summed E-state index contributed by atoms with van der Waals surface area (Å²) in [5, 5.41) is 0. The summed E-state index contributed by atoms with van der Waals surface area (Å²) in [7, 11) is 0. The molecule has 0 bridgehead atoms. The summed E-state index contributed by atoms with van der Waals surface area (Å²) in [6, 6.07) is 19.3. The highest BCUT2D eigenvalue weighted by molar-refractivity contribution is 5.85. The first kappa shape index (κ1) is 12.6. The van der Waals surface area contributed by atoms with E-state index >= 15 is 0 Å². The van der Waals surface area contributed by atoms with E-state index in [2.05, 4.69) is 0 Å². The summed E-state index contributed by atoms with van der Waals surface area (Å²) < 4.78 is 5.58. The van der Waals surface area contributed by atoms with Gasteiger partial charge in [0, 0.05) is 5.56 Å². The normalized spacial score (nSPS) is 11.3. The van der Waals surface area contributed by atoms with Crippen LogP contribution in [0, 0.1) is 0 Å². The molecule has 0 spiro atoms. The van der Waals surface area contributed by atoms with Crippen LogP contribution in [0.3, 0.4) is 0 Å². The highest BCUT2D eigenvalue weighted by Crippen LogP contribution is 2.17. The van der Waals surface area contributed by atoms with Gasteiger partial charge in [-0.05, 0) is 12.1 Å². The van der Waals surface area contributed by atoms with Crippen molar-refractivity contribution in [1.29, 1.82) is 0 Å². The number of nitrogens with two attached hydrogens (primary N) is 1. The van der Waals surface area contributed by atoms with E-state index in [1.165, 1.54) is 0 Å². The molecule has 2 aromatic rings. The lowest BCUT2D eigenvalue weighted by Crippen LogP contribution is -2.17. The number of ether oxygens (including phenoxy) is 1. The lowest BCUT2D eigenvalue weighted by Gasteiger charge is -2.14. The molecule has 2 N–H and O–H groups in total. The Bertz CT molecular complexity index is 405. The largest absolute Gasteiger partial charge is 0.471 e. The Morgan fingerprint density at radius 2 is 1.31 bits per heavy atom. The van der Waals surface area contributed by atoms with Crippen molar-refractivity contribution in [3.63, 3.8) is 0 Å². The molecule has 0 aliphatic heterocycles. The van der Waals surface area contributed by atoms with Gasteiger partial charge in [0.15, 0.2) is 6.23 Å². The van der Waals surface area contributed by atoms with E-state index in [1.54, 1.807) is 0 Å². The molecule has 0 aliphatic carbocycles. The molecule has 2 aromatic carbocycles. The zero-order valence-electron chi connectivity index (χ0n) is 8.74. The summed E-state index contributed by atoms with van der Waals surface area (Å²) in [5.41, 5.74) is 6.88. The van der Waals surface area contributed by atoms with Gasteiger partial charge in [-0.3, -0.25) is 5.73 Å². The number of hydrogen-bond acceptors (Lipinski definition) is 2. The van der Waals surface area contributed by atoms with Crippen molar-refractivity contribution < 1.29 is 4.74 Å². The molecular formula is C13H14ClNO. The van der Waals surface area contributed by atoms with Gasteiger partial charge in [-0.15, -0.1) is 12.4 Å². The summed E-state index contributed by atoms with van der Waals surface area (Å²) in [5.74, 6) is 0.786. The Hall–Kier alpha value is -1.51. The Labute approximate surface area is 101 Å². The van der Waals surface area contributed by atoms with Crippen LogP contribution in [-0.4, -0.2) is 0 Å². The molecule has 0 aliphatic rings. The second kappa shape index (κ2) is 6.16. The monoisotopic (exact) mass is 235 g/mol. The van der Waals surface area contributed by atoms with Crippen molar-refractivity contribution in [1.82, 2.24) is 0 Å². The minimum Gasteiger partial charge on any atom is -0.471 e. The van der Waals surface area contributed by atoms with Crippen molar-refractivity contribution in [2.75, 3.05) is 0 Å². The molecular weight excluding hydrogens is 222 g/mol. The molecule has 1 unspecified atom stereocenters. The first-order valence-electron chi connectivity index (χ1n) is 4.88. The molecule has 84 valence electrons. The third kappa shape index (κ3) is 3.26. The van der Waals surface area contributed by atoms with Crippen LogP contribution in [-0.2, 0) is 0 Å². The SMILES string of the molecule is Cl.NC(Oc1ccccc1)c1ccccc1. The Balaban J connectivity index is 0.00000128. The highest BCUT2D eigenvalue weighted by atomic mass is 35.5. The van der Waals surface area contributed by atoms with Crippen LogP contribution in [0.15, 0.2) is 60.7 Å². The zero-order valence-corrected chi connectivity index (χ0v) is 9.56. The van der Waals surface area contributed by atoms with Crippen LogP contribution in [0.5, 0.6) is 5.75 Å². The van der Waals surface area contributed by atoms with Gasteiger partial charge in [0.05, 0.1) is 0 Å². The molecule has 0 saturated carbocycles. The van der Waals surface area contributed by atoms with E-state index in [4.69, 9.17) is 10.5 Å². The standard InChI is InChI=1S/C13H13NO.ClH/c14-13(11-7-3-1-4-8-11)15-12-9-5-2-6-10-12;/h1-10,13H,14H2;1H. The fourth-order valence-electron chi connectivity index (χ4n) is 1.36. The molecule has 0 fully saturated rings. The summed E-state index contributed by atoms with van der Waals surface area (Å²) in [6.45, 7) is 0. The number of benzene rings is 2. The highest BCUT2D eigenvalue weighted by Gasteiger charge is 2.05. The first-order valence-corrected chi connectivity index (χ1v) is 4.88. The van der Waals surface area contributed by atoms with E-state index < -0.39 is 6.23 Å². The van der Waals surface area contributed by atoms with E-state index in [9.17, 15) is 0 Å². The minimum atomic E-state index is -0.409. The second-order valence-electron chi connectivity index (χ2n) is 3.26. The van der Waals surface area contributed by atoms with Crippen molar-refractivity contribution in [3.8, 4) is 5.75 Å². The van der Waals surface area contributed by atoms with Crippen LogP contribution in [0.2, 0.25) is 0 Å². The Morgan fingerprint density at radius 3 is 1.88 bits per heavy atom. The maximum Gasteiger partial charge on any atom is 0.174 e. The average Bonchev–Trinajstić information content (AvgIpc) is 2.31. The topological polar surface area (TPSA) is 35.2 Å². The quantitative estimate of drug-likeness (QED) is 0.830. The van der Waals surface area contributed by atoms with E-state index in [0.717, 1.165) is 11.3 Å². The lowest BCUT2D eigenvalue weighted by molar-refractivity contribution is 0.214. The number of halogens is 1. The molecule has 0 aromatic heterocycles. The van der Waals surface area contributed by atoms with E-state index in [0.29, 0.717) is 0 Å². The van der Waals surface area contributed by atoms with Gasteiger partial charge in [-0.25, -0.2) is 0 Å². The molecule has 1 atom stereocenters. The zero-order chi connectivity index (χ0) is 10.5. The first-order chi connectivity index (χ1) is 7.36. The predicted molar refractivity (Wildman–Crippen MR) is 67.7 cm³/mol. The fourth-order valence-corrected chi connectivity index (χ4v) is 1.36. The van der Waals surface area contributed by atoms with Gasteiger partial charge in [0.2, 0.25) is 0 Å². The third-order valence-electron chi connectivity index (χ3n) is 2.13. The predicted octanol–water partition coefficient (Wildman–Crippen LogP) is 3.14. The van der Waals surface area contributed by atoms with E-state index in [-0.39, 0.29) is 12.4 Å². The Kier molecular flexibility index (Phi) is 4.83. The molecule has 0 radical (unpaired) electrons. The van der Waals surface area contributed by atoms with Crippen LogP contribution in [0.25, 0.3) is 0 Å². The molecule has 0 saturated heterocycles. The van der Waals surface area contributed by atoms with Crippen molar-refractivity contribution in [3.05, 3.63) is 66.2 Å². The van der Waals surface area contributed by atoms with Gasteiger partial charge in [-0.2, -0.15) is 0 Å². The Morgan fingerprint density at radius 1 is 0.812 bits per heavy atom. The van der Waals surface area contributed by atoms with Gasteiger partial charge < -0.3 is 4.74 Å². The molecule has 3 heteroatoms. The summed E-state index contributed by atoms with van der Waals surface area (Å²) >= 11 is 0. The summed E-state index contributed by atoms with van der Waals surface area (Å²) in [4.78, 5) is 0. The van der Waals surface area contributed by atoms with Gasteiger partial charge in [0.25, 0.3) is 0 Å². The van der Waals surface area contributed by atoms with Gasteiger partial charge in [-0.1, -0.05) is 48.5 Å². The third-order valence-corrected chi connectivity index (χ3v) is 2.13. The minimum absolute atomic E-state index is 0. The second-order valence-corrected chi connectivity index (χ2v) is 3.26. The van der Waals surface area contributed by atoms with Crippen LogP contribution in [0.4, 0.5) is 0 Å². The van der Waals surface area contributed by atoms with Crippen LogP contribution in [0.1, 0.15) is 11.8 Å². The molecule has 0 heterocycles. The van der Waals surface area contributed by atoms with Crippen LogP contribution >= 0.6 is 12.4 Å². The number of rotatable bonds is 3. The van der Waals surface area contributed by atoms with E-state index in [1.807, 2.05) is 60.7 Å². The molecule has 0 amide bonds. The summed E-state index contributed by atoms with van der Waals surface area (Å²) in [6.07, 6.45) is -0.409. The fraction of sp³-hybridized carbons (Fsp3) is 0.0769. The maximum absolute atomic E-state index is 5.90. The number of para-hydroxylation sites is 1. The van der Waals surface area contributed by atoms with Crippen molar-refractivity contribution >= 4 is 12.4 Å². The van der Waals surface area contributed by atoms with Crippen molar-refractivity contribution in [2.24, 2.45) is 5.73 Å². The molecule has 2 nitrogen and oxygen atoms in total. The van der Waals surface area contributed by atoms with Crippen molar-refractivity contribution in [2.45, 2.75) is 6.23 Å². The maximum atomic E-state index is 5.90. The van der Waals surface area contributed by atoms with Gasteiger partial charge in [0.1, 0.15) is 5.75 Å². The number of hydrogen-bond donors (Lipinski definition) is 1. The smallest absolute Gasteiger partial charge is 0.174 e. The van der Waals surface area contributed by atoms with Gasteiger partial charge >= 0.3 is 0 Å². The molecule has 2 rings (SSSR count). The average molecular weight is 236 g/mol.